The number of hydrogen-bond donors (Lipinski definition) is 1. The van der Waals surface area contributed by atoms with E-state index in [-0.39, 0.29) is 23.4 Å². The zero-order valence-corrected chi connectivity index (χ0v) is 18.5. The third kappa shape index (κ3) is 5.53. The van der Waals surface area contributed by atoms with E-state index in [1.807, 2.05) is 0 Å². The van der Waals surface area contributed by atoms with Gasteiger partial charge < -0.3 is 19.1 Å². The number of carbonyl (C=O) groups is 3. The van der Waals surface area contributed by atoms with Crippen LogP contribution in [0.5, 0.6) is 0 Å². The summed E-state index contributed by atoms with van der Waals surface area (Å²) >= 11 is 2.45. The SMILES string of the molecule is CCOC(=O)N1CCN(C(=O)CSc2nnc(NC(=O)c3cc(C4CC4)on3)s2)CC1. The first-order valence-corrected chi connectivity index (χ1v) is 11.8. The monoisotopic (exact) mass is 466 g/mol. The second-order valence-electron chi connectivity index (χ2n) is 7.07. The lowest BCUT2D eigenvalue weighted by Gasteiger charge is -2.33. The Balaban J connectivity index is 1.21. The molecular formula is C18H22N6O5S2. The van der Waals surface area contributed by atoms with Gasteiger partial charge in [0, 0.05) is 38.2 Å². The van der Waals surface area contributed by atoms with E-state index in [0.717, 1.165) is 18.6 Å². The molecule has 2 aromatic rings. The third-order valence-corrected chi connectivity index (χ3v) is 6.80. The van der Waals surface area contributed by atoms with E-state index in [4.69, 9.17) is 9.26 Å². The molecule has 0 spiro atoms. The van der Waals surface area contributed by atoms with E-state index >= 15 is 0 Å². The second kappa shape index (κ2) is 9.64. The highest BCUT2D eigenvalue weighted by Crippen LogP contribution is 2.40. The van der Waals surface area contributed by atoms with Crippen LogP contribution in [0.2, 0.25) is 0 Å². The fraction of sp³-hybridized carbons (Fsp3) is 0.556. The van der Waals surface area contributed by atoms with Crippen molar-refractivity contribution in [3.05, 3.63) is 17.5 Å². The zero-order valence-electron chi connectivity index (χ0n) is 16.9. The molecule has 3 heterocycles. The summed E-state index contributed by atoms with van der Waals surface area (Å²) in [5.74, 6) is 0.878. The molecule has 0 aromatic carbocycles. The Labute approximate surface area is 186 Å². The van der Waals surface area contributed by atoms with Gasteiger partial charge >= 0.3 is 6.09 Å². The van der Waals surface area contributed by atoms with Gasteiger partial charge in [-0.15, -0.1) is 10.2 Å². The lowest BCUT2D eigenvalue weighted by molar-refractivity contribution is -0.129. The van der Waals surface area contributed by atoms with Crippen molar-refractivity contribution in [3.8, 4) is 0 Å². The van der Waals surface area contributed by atoms with Gasteiger partial charge in [0.25, 0.3) is 5.91 Å². The molecule has 1 saturated heterocycles. The minimum Gasteiger partial charge on any atom is -0.450 e. The molecule has 1 aliphatic carbocycles. The van der Waals surface area contributed by atoms with Gasteiger partial charge in [0.05, 0.1) is 12.4 Å². The van der Waals surface area contributed by atoms with Crippen LogP contribution >= 0.6 is 23.1 Å². The number of aromatic nitrogens is 3. The summed E-state index contributed by atoms with van der Waals surface area (Å²) in [4.78, 5) is 39.8. The average molecular weight is 467 g/mol. The largest absolute Gasteiger partial charge is 0.450 e. The van der Waals surface area contributed by atoms with Crippen molar-refractivity contribution in [2.75, 3.05) is 43.9 Å². The number of ether oxygens (including phenoxy) is 1. The van der Waals surface area contributed by atoms with Crippen LogP contribution in [0.3, 0.4) is 0 Å². The Kier molecular flexibility index (Phi) is 6.70. The van der Waals surface area contributed by atoms with Crippen molar-refractivity contribution >= 4 is 46.1 Å². The molecule has 11 nitrogen and oxygen atoms in total. The predicted molar refractivity (Wildman–Crippen MR) is 112 cm³/mol. The fourth-order valence-corrected chi connectivity index (χ4v) is 4.65. The van der Waals surface area contributed by atoms with E-state index in [1.54, 1.807) is 22.8 Å². The van der Waals surface area contributed by atoms with Crippen molar-refractivity contribution in [1.82, 2.24) is 25.2 Å². The number of amides is 3. The molecule has 13 heteroatoms. The zero-order chi connectivity index (χ0) is 21.8. The molecule has 2 aromatic heterocycles. The normalized spacial score (nSPS) is 16.3. The molecule has 2 fully saturated rings. The molecule has 1 saturated carbocycles. The highest BCUT2D eigenvalue weighted by Gasteiger charge is 2.29. The maximum absolute atomic E-state index is 12.4. The summed E-state index contributed by atoms with van der Waals surface area (Å²) in [5.41, 5.74) is 0.212. The molecule has 0 bridgehead atoms. The number of carbonyl (C=O) groups excluding carboxylic acids is 3. The predicted octanol–water partition coefficient (Wildman–Crippen LogP) is 2.05. The van der Waals surface area contributed by atoms with Crippen LogP contribution in [0.1, 0.15) is 41.9 Å². The van der Waals surface area contributed by atoms with Gasteiger partial charge in [-0.3, -0.25) is 14.9 Å². The lowest BCUT2D eigenvalue weighted by Crippen LogP contribution is -2.51. The van der Waals surface area contributed by atoms with Crippen LogP contribution < -0.4 is 5.32 Å². The quantitative estimate of drug-likeness (QED) is 0.481. The first-order valence-electron chi connectivity index (χ1n) is 9.97. The molecule has 1 N–H and O–H groups in total. The molecule has 31 heavy (non-hydrogen) atoms. The van der Waals surface area contributed by atoms with Crippen LogP contribution in [0.25, 0.3) is 0 Å². The lowest BCUT2D eigenvalue weighted by atomic mass is 10.3. The van der Waals surface area contributed by atoms with Crippen LogP contribution in [0.15, 0.2) is 14.9 Å². The first-order chi connectivity index (χ1) is 15.0. The van der Waals surface area contributed by atoms with Gasteiger partial charge in [-0.25, -0.2) is 4.79 Å². The fourth-order valence-electron chi connectivity index (χ4n) is 3.00. The summed E-state index contributed by atoms with van der Waals surface area (Å²) in [5, 5.41) is 14.7. The molecular weight excluding hydrogens is 444 g/mol. The summed E-state index contributed by atoms with van der Waals surface area (Å²) in [6, 6.07) is 1.66. The third-order valence-electron chi connectivity index (χ3n) is 4.85. The van der Waals surface area contributed by atoms with Crippen molar-refractivity contribution < 1.29 is 23.6 Å². The first kappa shape index (κ1) is 21.6. The van der Waals surface area contributed by atoms with Gasteiger partial charge in [0.2, 0.25) is 11.0 Å². The molecule has 0 atom stereocenters. The smallest absolute Gasteiger partial charge is 0.409 e. The number of hydrogen-bond acceptors (Lipinski definition) is 10. The maximum Gasteiger partial charge on any atom is 0.409 e. The second-order valence-corrected chi connectivity index (χ2v) is 9.27. The Bertz CT molecular complexity index is 951. The van der Waals surface area contributed by atoms with Gasteiger partial charge in [-0.1, -0.05) is 28.3 Å². The van der Waals surface area contributed by atoms with E-state index in [9.17, 15) is 14.4 Å². The molecule has 0 unspecified atom stereocenters. The number of nitrogens with one attached hydrogen (secondary N) is 1. The van der Waals surface area contributed by atoms with Gasteiger partial charge in [0.15, 0.2) is 10.0 Å². The van der Waals surface area contributed by atoms with Gasteiger partial charge in [0.1, 0.15) is 5.76 Å². The number of piperazine rings is 1. The van der Waals surface area contributed by atoms with Crippen LogP contribution in [0, 0.1) is 0 Å². The van der Waals surface area contributed by atoms with Crippen LogP contribution in [0.4, 0.5) is 9.93 Å². The minimum atomic E-state index is -0.404. The Morgan fingerprint density at radius 2 is 1.97 bits per heavy atom. The molecule has 3 amide bonds. The van der Waals surface area contributed by atoms with Crippen LogP contribution in [-0.2, 0) is 9.53 Å². The summed E-state index contributed by atoms with van der Waals surface area (Å²) in [6.07, 6.45) is 1.78. The standard InChI is InChI=1S/C18H22N6O5S2/c1-2-28-18(27)24-7-5-23(6-8-24)14(25)10-30-17-21-20-16(31-17)19-15(26)12-9-13(29-22-12)11-3-4-11/h9,11H,2-8,10H2,1H3,(H,19,20,26). The van der Waals surface area contributed by atoms with Crippen molar-refractivity contribution in [2.45, 2.75) is 30.0 Å². The Hall–Kier alpha value is -2.67. The number of thioether (sulfide) groups is 1. The minimum absolute atomic E-state index is 0.0375. The summed E-state index contributed by atoms with van der Waals surface area (Å²) in [6.45, 7) is 3.94. The molecule has 2 aliphatic rings. The molecule has 0 radical (unpaired) electrons. The van der Waals surface area contributed by atoms with E-state index in [0.29, 0.717) is 48.2 Å². The number of anilines is 1. The topological polar surface area (TPSA) is 131 Å². The number of nitrogens with zero attached hydrogens (tertiary/aromatic N) is 5. The average Bonchev–Trinajstić information content (AvgIpc) is 3.33. The Morgan fingerprint density at radius 3 is 2.68 bits per heavy atom. The van der Waals surface area contributed by atoms with Crippen molar-refractivity contribution in [1.29, 1.82) is 0 Å². The van der Waals surface area contributed by atoms with E-state index < -0.39 is 5.91 Å². The highest BCUT2D eigenvalue weighted by molar-refractivity contribution is 8.01. The van der Waals surface area contributed by atoms with Crippen molar-refractivity contribution in [3.63, 3.8) is 0 Å². The summed E-state index contributed by atoms with van der Waals surface area (Å²) < 4.78 is 10.7. The number of rotatable bonds is 7. The van der Waals surface area contributed by atoms with E-state index in [2.05, 4.69) is 20.7 Å². The maximum atomic E-state index is 12.4. The van der Waals surface area contributed by atoms with E-state index in [1.165, 1.54) is 23.1 Å². The van der Waals surface area contributed by atoms with Crippen LogP contribution in [-0.4, -0.2) is 81.6 Å². The van der Waals surface area contributed by atoms with Crippen molar-refractivity contribution in [2.24, 2.45) is 0 Å². The summed E-state index contributed by atoms with van der Waals surface area (Å²) in [7, 11) is 0. The highest BCUT2D eigenvalue weighted by atomic mass is 32.2. The molecule has 1 aliphatic heterocycles. The Morgan fingerprint density at radius 1 is 1.23 bits per heavy atom. The molecule has 166 valence electrons. The molecule has 4 rings (SSSR count). The van der Waals surface area contributed by atoms with Gasteiger partial charge in [-0.05, 0) is 19.8 Å². The van der Waals surface area contributed by atoms with Gasteiger partial charge in [-0.2, -0.15) is 0 Å².